The van der Waals surface area contributed by atoms with Gasteiger partial charge in [0.1, 0.15) is 17.9 Å². The number of ketones is 1. The monoisotopic (exact) mass is 633 g/mol. The van der Waals surface area contributed by atoms with E-state index in [0.717, 1.165) is 30.3 Å². The molecule has 2 heterocycles. The van der Waals surface area contributed by atoms with E-state index in [1.807, 2.05) is 0 Å². The molecule has 44 heavy (non-hydrogen) atoms. The standard InChI is InChI=1S/C31H40ClN3O9/c32-13-5-1-2-6-15-42-17-18-43-16-14-33-29(39)23-11-9-22(10-12-23)25(37)8-4-3-7-24-20-35(31(41)34-30(24)40)28-19-26(38)27(21-36)44-28/h9-12,20,26-28,36,38H,1-2,4-6,8,13-19,21H2,(H,33,39)(H,34,40,41)/t26?,27-,28-/m1/s1. The van der Waals surface area contributed by atoms with Crippen molar-refractivity contribution in [2.45, 2.75) is 63.4 Å². The number of carbonyl (C=O) groups excluding carboxylic acids is 2. The van der Waals surface area contributed by atoms with Crippen LogP contribution in [0.25, 0.3) is 0 Å². The van der Waals surface area contributed by atoms with Crippen LogP contribution in [0.15, 0.2) is 40.1 Å². The van der Waals surface area contributed by atoms with Crippen LogP contribution >= 0.6 is 11.6 Å². The van der Waals surface area contributed by atoms with Gasteiger partial charge >= 0.3 is 5.69 Å². The summed E-state index contributed by atoms with van der Waals surface area (Å²) in [5, 5.41) is 22.0. The maximum absolute atomic E-state index is 12.6. The van der Waals surface area contributed by atoms with Crippen LogP contribution in [-0.2, 0) is 14.2 Å². The van der Waals surface area contributed by atoms with Crippen molar-refractivity contribution in [2.24, 2.45) is 0 Å². The first-order chi connectivity index (χ1) is 21.3. The molecule has 0 saturated carbocycles. The number of rotatable bonds is 18. The van der Waals surface area contributed by atoms with Gasteiger partial charge in [0.25, 0.3) is 11.5 Å². The summed E-state index contributed by atoms with van der Waals surface area (Å²) in [5.41, 5.74) is -0.568. The van der Waals surface area contributed by atoms with Crippen molar-refractivity contribution < 1.29 is 34.0 Å². The number of aliphatic hydroxyl groups is 2. The fraction of sp³-hybridized carbons (Fsp3) is 0.548. The third-order valence-corrected chi connectivity index (χ3v) is 7.17. The molecule has 0 bridgehead atoms. The molecule has 1 amide bonds. The average molecular weight is 634 g/mol. The summed E-state index contributed by atoms with van der Waals surface area (Å²) in [7, 11) is 0. The fourth-order valence-electron chi connectivity index (χ4n) is 4.44. The molecule has 13 heteroatoms. The number of ether oxygens (including phenoxy) is 3. The van der Waals surface area contributed by atoms with Gasteiger partial charge in [0, 0.05) is 55.6 Å². The van der Waals surface area contributed by atoms with E-state index in [4.69, 9.17) is 25.8 Å². The fourth-order valence-corrected chi connectivity index (χ4v) is 4.63. The largest absolute Gasteiger partial charge is 0.394 e. The lowest BCUT2D eigenvalue weighted by Crippen LogP contribution is -2.33. The molecule has 240 valence electrons. The number of unbranched alkanes of at least 4 members (excludes halogenated alkanes) is 3. The van der Waals surface area contributed by atoms with E-state index in [2.05, 4.69) is 22.1 Å². The first kappa shape index (κ1) is 35.2. The Morgan fingerprint density at radius 1 is 1.05 bits per heavy atom. The number of aromatic nitrogens is 2. The number of hydrogen-bond donors (Lipinski definition) is 4. The minimum absolute atomic E-state index is 0.00111. The lowest BCUT2D eigenvalue weighted by molar-refractivity contribution is -0.0459. The quantitative estimate of drug-likeness (QED) is 0.0827. The first-order valence-corrected chi connectivity index (χ1v) is 15.3. The molecular formula is C31H40ClN3O9. The van der Waals surface area contributed by atoms with Crippen molar-refractivity contribution in [1.82, 2.24) is 14.9 Å². The molecule has 1 aromatic carbocycles. The minimum atomic E-state index is -0.949. The van der Waals surface area contributed by atoms with Gasteiger partial charge in [-0.3, -0.25) is 23.9 Å². The number of nitrogens with zero attached hydrogens (tertiary/aromatic N) is 1. The smallest absolute Gasteiger partial charge is 0.330 e. The van der Waals surface area contributed by atoms with Crippen molar-refractivity contribution in [3.05, 3.63) is 68.0 Å². The molecule has 1 aliphatic heterocycles. The van der Waals surface area contributed by atoms with E-state index in [-0.39, 0.29) is 36.5 Å². The van der Waals surface area contributed by atoms with Gasteiger partial charge in [-0.1, -0.05) is 36.8 Å². The molecule has 0 spiro atoms. The lowest BCUT2D eigenvalue weighted by Gasteiger charge is -2.14. The number of Topliss-reactive ketones (excluding diaryl/α,β-unsaturated/α-hetero) is 1. The third kappa shape index (κ3) is 11.3. The molecule has 1 unspecified atom stereocenters. The van der Waals surface area contributed by atoms with E-state index in [0.29, 0.717) is 50.0 Å². The van der Waals surface area contributed by atoms with Crippen molar-refractivity contribution in [2.75, 3.05) is 45.5 Å². The van der Waals surface area contributed by atoms with E-state index in [9.17, 15) is 29.4 Å². The van der Waals surface area contributed by atoms with Gasteiger partial charge in [0.05, 0.1) is 32.5 Å². The zero-order chi connectivity index (χ0) is 31.7. The number of benzene rings is 1. The Hall–Kier alpha value is -3.31. The predicted octanol–water partition coefficient (Wildman–Crippen LogP) is 1.75. The maximum atomic E-state index is 12.6. The molecule has 3 atom stereocenters. The number of amides is 1. The van der Waals surface area contributed by atoms with Crippen LogP contribution in [0.1, 0.15) is 77.5 Å². The summed E-state index contributed by atoms with van der Waals surface area (Å²) < 4.78 is 17.6. The van der Waals surface area contributed by atoms with Crippen LogP contribution in [0.3, 0.4) is 0 Å². The summed E-state index contributed by atoms with van der Waals surface area (Å²) >= 11 is 5.65. The van der Waals surface area contributed by atoms with Gasteiger partial charge in [0.2, 0.25) is 0 Å². The molecule has 12 nitrogen and oxygen atoms in total. The SMILES string of the molecule is O=C(CCC#Cc1cn([C@H]2CC(O)[C@@H](CO)O2)c(=O)[nH]c1=O)c1ccc(C(=O)NCCOCCOCCCCCCCl)cc1. The average Bonchev–Trinajstić information content (AvgIpc) is 3.40. The molecule has 1 fully saturated rings. The Labute approximate surface area is 260 Å². The zero-order valence-corrected chi connectivity index (χ0v) is 25.4. The van der Waals surface area contributed by atoms with Crippen LogP contribution in [0.5, 0.6) is 0 Å². The van der Waals surface area contributed by atoms with Gasteiger partial charge in [-0.05, 0) is 25.0 Å². The molecule has 3 rings (SSSR count). The highest BCUT2D eigenvalue weighted by Crippen LogP contribution is 2.27. The highest BCUT2D eigenvalue weighted by atomic mass is 35.5. The number of nitrogens with one attached hydrogen (secondary N) is 2. The second kappa shape index (κ2) is 19.2. The lowest BCUT2D eigenvalue weighted by atomic mass is 10.0. The number of hydrogen-bond acceptors (Lipinski definition) is 9. The molecule has 4 N–H and O–H groups in total. The van der Waals surface area contributed by atoms with E-state index >= 15 is 0 Å². The number of aromatic amines is 1. The highest BCUT2D eigenvalue weighted by Gasteiger charge is 2.35. The molecule has 0 radical (unpaired) electrons. The Morgan fingerprint density at radius 3 is 2.45 bits per heavy atom. The molecule has 1 saturated heterocycles. The Kier molecular flexibility index (Phi) is 15.3. The Balaban J connectivity index is 1.37. The zero-order valence-electron chi connectivity index (χ0n) is 24.6. The number of H-pyrrole nitrogens is 1. The van der Waals surface area contributed by atoms with Crippen LogP contribution in [0.2, 0.25) is 0 Å². The van der Waals surface area contributed by atoms with E-state index in [1.54, 1.807) is 24.3 Å². The summed E-state index contributed by atoms with van der Waals surface area (Å²) in [5.74, 6) is 5.69. The van der Waals surface area contributed by atoms with Gasteiger partial charge in [-0.25, -0.2) is 4.79 Å². The molecular weight excluding hydrogens is 594 g/mol. The van der Waals surface area contributed by atoms with E-state index in [1.165, 1.54) is 6.20 Å². The summed E-state index contributed by atoms with van der Waals surface area (Å²) in [6.07, 6.45) is 3.17. The molecule has 1 aromatic heterocycles. The highest BCUT2D eigenvalue weighted by molar-refractivity contribution is 6.17. The van der Waals surface area contributed by atoms with Crippen LogP contribution in [0, 0.1) is 11.8 Å². The Morgan fingerprint density at radius 2 is 1.75 bits per heavy atom. The minimum Gasteiger partial charge on any atom is -0.394 e. The van der Waals surface area contributed by atoms with Crippen LogP contribution in [-0.4, -0.2) is 89.1 Å². The van der Waals surface area contributed by atoms with Crippen molar-refractivity contribution in [1.29, 1.82) is 0 Å². The van der Waals surface area contributed by atoms with Gasteiger partial charge in [-0.15, -0.1) is 11.6 Å². The number of halogens is 1. The van der Waals surface area contributed by atoms with E-state index < -0.39 is 36.3 Å². The second-order valence-electron chi connectivity index (χ2n) is 10.2. The van der Waals surface area contributed by atoms with Gasteiger partial charge in [0.15, 0.2) is 5.78 Å². The second-order valence-corrected chi connectivity index (χ2v) is 10.6. The van der Waals surface area contributed by atoms with Crippen molar-refractivity contribution in [3.63, 3.8) is 0 Å². The predicted molar refractivity (Wildman–Crippen MR) is 163 cm³/mol. The van der Waals surface area contributed by atoms with Crippen molar-refractivity contribution >= 4 is 23.3 Å². The van der Waals surface area contributed by atoms with Gasteiger partial charge in [-0.2, -0.15) is 0 Å². The molecule has 0 aliphatic carbocycles. The topological polar surface area (TPSA) is 169 Å². The first-order valence-electron chi connectivity index (χ1n) is 14.8. The Bertz CT molecular complexity index is 1380. The summed E-state index contributed by atoms with van der Waals surface area (Å²) in [6, 6.07) is 6.29. The van der Waals surface area contributed by atoms with Crippen molar-refractivity contribution in [3.8, 4) is 11.8 Å². The summed E-state index contributed by atoms with van der Waals surface area (Å²) in [6.45, 7) is 1.95. The number of aliphatic hydroxyl groups excluding tert-OH is 2. The van der Waals surface area contributed by atoms with Crippen LogP contribution in [0.4, 0.5) is 0 Å². The molecule has 1 aliphatic rings. The summed E-state index contributed by atoms with van der Waals surface area (Å²) in [4.78, 5) is 51.5. The van der Waals surface area contributed by atoms with Crippen LogP contribution < -0.4 is 16.6 Å². The molecule has 2 aromatic rings. The normalized spacial score (nSPS) is 17.7. The van der Waals surface area contributed by atoms with Gasteiger partial charge < -0.3 is 29.7 Å². The number of alkyl halides is 1. The maximum Gasteiger partial charge on any atom is 0.330 e. The number of carbonyl (C=O) groups is 2. The third-order valence-electron chi connectivity index (χ3n) is 6.91.